The number of aliphatic hydroxyl groups excluding tert-OH is 1. The van der Waals surface area contributed by atoms with E-state index in [-0.39, 0.29) is 0 Å². The first-order valence-electron chi connectivity index (χ1n) is 4.56. The van der Waals surface area contributed by atoms with E-state index in [9.17, 15) is 18.4 Å². The molecular formula is C10H9F2NO4. The van der Waals surface area contributed by atoms with E-state index in [0.717, 1.165) is 12.1 Å². The second kappa shape index (κ2) is 5.35. The number of carbonyl (C=O) groups excluding carboxylic acids is 1. The highest BCUT2D eigenvalue weighted by molar-refractivity contribution is 5.94. The largest absolute Gasteiger partial charge is 0.479 e. The summed E-state index contributed by atoms with van der Waals surface area (Å²) in [6, 6.07) is 2.35. The monoisotopic (exact) mass is 245 g/mol. The predicted octanol–water partition coefficient (Wildman–Crippen LogP) is 0.140. The molecule has 0 aliphatic rings. The number of nitrogens with one attached hydrogen (secondary N) is 1. The van der Waals surface area contributed by atoms with Crippen molar-refractivity contribution in [2.45, 2.75) is 6.10 Å². The van der Waals surface area contributed by atoms with Gasteiger partial charge in [0.2, 0.25) is 0 Å². The summed E-state index contributed by atoms with van der Waals surface area (Å²) < 4.78 is 25.6. The van der Waals surface area contributed by atoms with Crippen LogP contribution in [0.1, 0.15) is 10.4 Å². The summed E-state index contributed by atoms with van der Waals surface area (Å²) in [5.41, 5.74) is -0.427. The highest BCUT2D eigenvalue weighted by Crippen LogP contribution is 2.09. The Morgan fingerprint density at radius 3 is 2.53 bits per heavy atom. The SMILES string of the molecule is O=C(NC[C@H](O)C(=O)O)c1ccc(F)cc1F. The molecule has 0 spiro atoms. The molecule has 0 heterocycles. The molecule has 0 saturated heterocycles. The fraction of sp³-hybridized carbons (Fsp3) is 0.200. The molecular weight excluding hydrogens is 236 g/mol. The Kier molecular flexibility index (Phi) is 4.11. The maximum atomic E-state index is 13.1. The Morgan fingerprint density at radius 1 is 1.35 bits per heavy atom. The van der Waals surface area contributed by atoms with Crippen LogP contribution < -0.4 is 5.32 Å². The quantitative estimate of drug-likeness (QED) is 0.704. The number of hydrogen-bond donors (Lipinski definition) is 3. The number of benzene rings is 1. The molecule has 5 nitrogen and oxygen atoms in total. The van der Waals surface area contributed by atoms with E-state index in [2.05, 4.69) is 0 Å². The maximum Gasteiger partial charge on any atom is 0.334 e. The van der Waals surface area contributed by atoms with Crippen LogP contribution in [-0.2, 0) is 4.79 Å². The molecule has 0 bridgehead atoms. The van der Waals surface area contributed by atoms with Crippen LogP contribution >= 0.6 is 0 Å². The van der Waals surface area contributed by atoms with E-state index >= 15 is 0 Å². The molecule has 1 aromatic rings. The lowest BCUT2D eigenvalue weighted by molar-refractivity contribution is -0.146. The lowest BCUT2D eigenvalue weighted by atomic mass is 10.2. The van der Waals surface area contributed by atoms with Crippen molar-refractivity contribution < 1.29 is 28.6 Å². The van der Waals surface area contributed by atoms with E-state index < -0.39 is 41.7 Å². The summed E-state index contributed by atoms with van der Waals surface area (Å²) in [4.78, 5) is 21.6. The standard InChI is InChI=1S/C10H9F2NO4/c11-5-1-2-6(7(12)3-5)9(15)13-4-8(14)10(16)17/h1-3,8,14H,4H2,(H,13,15)(H,16,17)/t8-/m0/s1. The fourth-order valence-corrected chi connectivity index (χ4v) is 1.05. The van der Waals surface area contributed by atoms with Gasteiger partial charge in [-0.05, 0) is 12.1 Å². The fourth-order valence-electron chi connectivity index (χ4n) is 1.05. The molecule has 0 aromatic heterocycles. The molecule has 1 rings (SSSR count). The number of hydrogen-bond acceptors (Lipinski definition) is 3. The third-order valence-corrected chi connectivity index (χ3v) is 1.92. The molecule has 1 amide bonds. The minimum absolute atomic E-state index is 0.427. The van der Waals surface area contributed by atoms with Crippen LogP contribution in [0.5, 0.6) is 0 Å². The number of carboxylic acid groups (broad SMARTS) is 1. The zero-order valence-corrected chi connectivity index (χ0v) is 8.48. The van der Waals surface area contributed by atoms with Crippen molar-refractivity contribution in [3.8, 4) is 0 Å². The number of aliphatic hydroxyl groups is 1. The average molecular weight is 245 g/mol. The molecule has 0 radical (unpaired) electrons. The number of amides is 1. The lowest BCUT2D eigenvalue weighted by Crippen LogP contribution is -2.36. The van der Waals surface area contributed by atoms with Crippen molar-refractivity contribution in [1.29, 1.82) is 0 Å². The van der Waals surface area contributed by atoms with Gasteiger partial charge in [0.05, 0.1) is 12.1 Å². The smallest absolute Gasteiger partial charge is 0.334 e. The summed E-state index contributed by atoms with van der Waals surface area (Å²) in [7, 11) is 0. The Labute approximate surface area is 94.7 Å². The van der Waals surface area contributed by atoms with Crippen molar-refractivity contribution in [1.82, 2.24) is 5.32 Å². The van der Waals surface area contributed by atoms with Crippen LogP contribution in [0.2, 0.25) is 0 Å². The van der Waals surface area contributed by atoms with E-state index in [1.54, 1.807) is 0 Å². The van der Waals surface area contributed by atoms with Gasteiger partial charge in [-0.25, -0.2) is 13.6 Å². The van der Waals surface area contributed by atoms with E-state index in [1.165, 1.54) is 0 Å². The first-order chi connectivity index (χ1) is 7.91. The molecule has 0 aliphatic heterocycles. The number of rotatable bonds is 4. The Bertz CT molecular complexity index is 450. The van der Waals surface area contributed by atoms with Crippen molar-refractivity contribution in [2.24, 2.45) is 0 Å². The van der Waals surface area contributed by atoms with Crippen molar-refractivity contribution >= 4 is 11.9 Å². The molecule has 0 aliphatic carbocycles. The van der Waals surface area contributed by atoms with Gasteiger partial charge in [0.1, 0.15) is 11.6 Å². The Balaban J connectivity index is 2.67. The van der Waals surface area contributed by atoms with Crippen LogP contribution in [0.4, 0.5) is 8.78 Å². The minimum atomic E-state index is -1.78. The highest BCUT2D eigenvalue weighted by atomic mass is 19.1. The molecule has 0 fully saturated rings. The Hall–Kier alpha value is -2.02. The van der Waals surface area contributed by atoms with Gasteiger partial charge in [-0.1, -0.05) is 0 Å². The first kappa shape index (κ1) is 13.0. The molecule has 92 valence electrons. The summed E-state index contributed by atoms with van der Waals surface area (Å²) in [6.07, 6.45) is -1.78. The average Bonchev–Trinajstić information content (AvgIpc) is 2.25. The molecule has 3 N–H and O–H groups in total. The molecule has 17 heavy (non-hydrogen) atoms. The van der Waals surface area contributed by atoms with E-state index in [4.69, 9.17) is 10.2 Å². The first-order valence-corrected chi connectivity index (χ1v) is 4.56. The third kappa shape index (κ3) is 3.49. The number of aliphatic carboxylic acids is 1. The van der Waals surface area contributed by atoms with Crippen LogP contribution in [0.25, 0.3) is 0 Å². The van der Waals surface area contributed by atoms with Crippen molar-refractivity contribution in [3.05, 3.63) is 35.4 Å². The van der Waals surface area contributed by atoms with Crippen molar-refractivity contribution in [3.63, 3.8) is 0 Å². The molecule has 1 aromatic carbocycles. The normalized spacial score (nSPS) is 11.9. The zero-order valence-electron chi connectivity index (χ0n) is 8.48. The van der Waals surface area contributed by atoms with Gasteiger partial charge in [-0.2, -0.15) is 0 Å². The zero-order chi connectivity index (χ0) is 13.0. The van der Waals surface area contributed by atoms with E-state index in [0.29, 0.717) is 6.07 Å². The molecule has 0 unspecified atom stereocenters. The lowest BCUT2D eigenvalue weighted by Gasteiger charge is -2.08. The second-order valence-corrected chi connectivity index (χ2v) is 3.19. The maximum absolute atomic E-state index is 13.1. The topological polar surface area (TPSA) is 86.6 Å². The van der Waals surface area contributed by atoms with Gasteiger partial charge in [-0.15, -0.1) is 0 Å². The summed E-state index contributed by atoms with van der Waals surface area (Å²) in [5, 5.41) is 19.2. The number of carboxylic acids is 1. The summed E-state index contributed by atoms with van der Waals surface area (Å²) in [5.74, 6) is -4.33. The third-order valence-electron chi connectivity index (χ3n) is 1.92. The summed E-state index contributed by atoms with van der Waals surface area (Å²) in [6.45, 7) is -0.565. The molecule has 0 saturated carbocycles. The van der Waals surface area contributed by atoms with Gasteiger partial charge < -0.3 is 15.5 Å². The minimum Gasteiger partial charge on any atom is -0.479 e. The van der Waals surface area contributed by atoms with Gasteiger partial charge in [0.15, 0.2) is 6.10 Å². The van der Waals surface area contributed by atoms with Crippen molar-refractivity contribution in [2.75, 3.05) is 6.54 Å². The molecule has 1 atom stereocenters. The Morgan fingerprint density at radius 2 is 2.00 bits per heavy atom. The van der Waals surface area contributed by atoms with Gasteiger partial charge in [-0.3, -0.25) is 4.79 Å². The highest BCUT2D eigenvalue weighted by Gasteiger charge is 2.17. The van der Waals surface area contributed by atoms with Crippen LogP contribution in [-0.4, -0.2) is 34.7 Å². The number of carbonyl (C=O) groups is 2. The van der Waals surface area contributed by atoms with Gasteiger partial charge >= 0.3 is 5.97 Å². The van der Waals surface area contributed by atoms with Gasteiger partial charge in [0.25, 0.3) is 5.91 Å². The molecule has 7 heteroatoms. The van der Waals surface area contributed by atoms with Crippen LogP contribution in [0, 0.1) is 11.6 Å². The van der Waals surface area contributed by atoms with Crippen LogP contribution in [0.3, 0.4) is 0 Å². The van der Waals surface area contributed by atoms with E-state index in [1.807, 2.05) is 5.32 Å². The predicted molar refractivity (Wildman–Crippen MR) is 52.3 cm³/mol. The second-order valence-electron chi connectivity index (χ2n) is 3.19. The van der Waals surface area contributed by atoms with Gasteiger partial charge in [0, 0.05) is 6.07 Å². The summed E-state index contributed by atoms with van der Waals surface area (Å²) >= 11 is 0. The number of halogens is 2. The van der Waals surface area contributed by atoms with Crippen LogP contribution in [0.15, 0.2) is 18.2 Å².